The molecule has 1 unspecified atom stereocenters. The van der Waals surface area contributed by atoms with E-state index in [1.54, 1.807) is 0 Å². The highest BCUT2D eigenvalue weighted by Crippen LogP contribution is 2.36. The van der Waals surface area contributed by atoms with Crippen LogP contribution in [0.4, 0.5) is 0 Å². The van der Waals surface area contributed by atoms with Crippen LogP contribution in [0.3, 0.4) is 0 Å². The molecule has 19 heavy (non-hydrogen) atoms. The van der Waals surface area contributed by atoms with E-state index < -0.39 is 0 Å². The van der Waals surface area contributed by atoms with Gasteiger partial charge in [-0.25, -0.2) is 0 Å². The summed E-state index contributed by atoms with van der Waals surface area (Å²) in [4.78, 5) is 2.97. The Hall–Kier alpha value is -0.340. The third-order valence-corrected chi connectivity index (χ3v) is 5.94. The van der Waals surface area contributed by atoms with Crippen LogP contribution in [0.2, 0.25) is 0 Å². The molecule has 1 aromatic rings. The Bertz CT molecular complexity index is 411. The molecule has 0 bridgehead atoms. The maximum atomic E-state index is 3.80. The molecule has 0 amide bonds. The van der Waals surface area contributed by atoms with Crippen molar-refractivity contribution in [3.05, 3.63) is 21.9 Å². The van der Waals surface area contributed by atoms with E-state index in [2.05, 4.69) is 52.1 Å². The second-order valence-corrected chi connectivity index (χ2v) is 8.85. The summed E-state index contributed by atoms with van der Waals surface area (Å²) in [5.74, 6) is 0. The van der Waals surface area contributed by atoms with E-state index in [-0.39, 0.29) is 5.41 Å². The van der Waals surface area contributed by atoms with Gasteiger partial charge in [0.1, 0.15) is 0 Å². The summed E-state index contributed by atoms with van der Waals surface area (Å²) >= 11 is 1.97. The van der Waals surface area contributed by atoms with E-state index in [0.717, 1.165) is 6.54 Å². The van der Waals surface area contributed by atoms with Crippen LogP contribution in [0.25, 0.3) is 0 Å². The van der Waals surface area contributed by atoms with Crippen molar-refractivity contribution in [2.75, 3.05) is 0 Å². The molecule has 1 heterocycles. The van der Waals surface area contributed by atoms with Crippen LogP contribution in [-0.4, -0.2) is 6.04 Å². The van der Waals surface area contributed by atoms with Gasteiger partial charge in [0.2, 0.25) is 0 Å². The van der Waals surface area contributed by atoms with Gasteiger partial charge in [-0.05, 0) is 35.8 Å². The van der Waals surface area contributed by atoms with Gasteiger partial charge in [0.25, 0.3) is 0 Å². The number of thiophene rings is 1. The molecule has 2 heteroatoms. The first-order valence-electron chi connectivity index (χ1n) is 7.62. The lowest BCUT2D eigenvalue weighted by atomic mass is 9.73. The zero-order chi connectivity index (χ0) is 14.1. The first kappa shape index (κ1) is 15.1. The second-order valence-electron chi connectivity index (χ2n) is 7.68. The van der Waals surface area contributed by atoms with Crippen LogP contribution in [0.15, 0.2) is 12.1 Å². The van der Waals surface area contributed by atoms with E-state index in [9.17, 15) is 0 Å². The molecule has 1 aliphatic carbocycles. The molecular weight excluding hydrogens is 250 g/mol. The molecule has 1 aromatic heterocycles. The van der Waals surface area contributed by atoms with E-state index in [1.165, 1.54) is 35.4 Å². The summed E-state index contributed by atoms with van der Waals surface area (Å²) in [5, 5.41) is 3.80. The predicted molar refractivity (Wildman–Crippen MR) is 85.9 cm³/mol. The first-order valence-corrected chi connectivity index (χ1v) is 8.43. The largest absolute Gasteiger partial charge is 0.309 e. The van der Waals surface area contributed by atoms with Crippen molar-refractivity contribution in [3.63, 3.8) is 0 Å². The molecule has 0 aliphatic heterocycles. The van der Waals surface area contributed by atoms with Crippen LogP contribution in [0.1, 0.15) is 70.1 Å². The summed E-state index contributed by atoms with van der Waals surface area (Å²) in [6.07, 6.45) is 5.49. The Morgan fingerprint density at radius 1 is 1.26 bits per heavy atom. The fourth-order valence-corrected chi connectivity index (χ4v) is 3.99. The topological polar surface area (TPSA) is 12.0 Å². The Kier molecular flexibility index (Phi) is 4.42. The van der Waals surface area contributed by atoms with Crippen LogP contribution in [0.5, 0.6) is 0 Å². The van der Waals surface area contributed by atoms with Crippen molar-refractivity contribution in [1.29, 1.82) is 0 Å². The van der Waals surface area contributed by atoms with Crippen molar-refractivity contribution in [2.24, 2.45) is 5.41 Å². The van der Waals surface area contributed by atoms with Crippen LogP contribution in [-0.2, 0) is 12.0 Å². The summed E-state index contributed by atoms with van der Waals surface area (Å²) in [5.41, 5.74) is 0.745. The van der Waals surface area contributed by atoms with E-state index in [1.807, 2.05) is 11.3 Å². The van der Waals surface area contributed by atoms with Gasteiger partial charge < -0.3 is 5.32 Å². The SMILES string of the molecule is CC(C)(C)c1ccc(CNC2CCCCC2(C)C)s1. The fraction of sp³-hybridized carbons (Fsp3) is 0.765. The molecule has 1 saturated carbocycles. The van der Waals surface area contributed by atoms with Crippen LogP contribution >= 0.6 is 11.3 Å². The molecule has 1 N–H and O–H groups in total. The summed E-state index contributed by atoms with van der Waals surface area (Å²) in [6.45, 7) is 12.7. The number of hydrogen-bond donors (Lipinski definition) is 1. The molecule has 108 valence electrons. The maximum Gasteiger partial charge on any atom is 0.0302 e. The maximum absolute atomic E-state index is 3.80. The number of rotatable bonds is 3. The van der Waals surface area contributed by atoms with Gasteiger partial charge in [0, 0.05) is 22.3 Å². The van der Waals surface area contributed by atoms with Gasteiger partial charge >= 0.3 is 0 Å². The second kappa shape index (κ2) is 5.57. The first-order chi connectivity index (χ1) is 8.79. The minimum atomic E-state index is 0.285. The molecule has 0 saturated heterocycles. The smallest absolute Gasteiger partial charge is 0.0302 e. The highest BCUT2D eigenvalue weighted by molar-refractivity contribution is 7.12. The predicted octanol–water partition coefficient (Wildman–Crippen LogP) is 5.10. The van der Waals surface area contributed by atoms with Crippen molar-refractivity contribution >= 4 is 11.3 Å². The van der Waals surface area contributed by atoms with Crippen molar-refractivity contribution < 1.29 is 0 Å². The lowest BCUT2D eigenvalue weighted by Crippen LogP contribution is -2.43. The lowest BCUT2D eigenvalue weighted by molar-refractivity contribution is 0.167. The third kappa shape index (κ3) is 3.82. The standard InChI is InChI=1S/C17H29NS/c1-16(2,3)15-10-9-13(19-15)12-18-14-8-6-7-11-17(14,4)5/h9-10,14,18H,6-8,11-12H2,1-5H3. The molecular formula is C17H29NS. The van der Waals surface area contributed by atoms with E-state index >= 15 is 0 Å². The molecule has 0 spiro atoms. The summed E-state index contributed by atoms with van der Waals surface area (Å²) in [7, 11) is 0. The quantitative estimate of drug-likeness (QED) is 0.811. The Labute approximate surface area is 122 Å². The van der Waals surface area contributed by atoms with Crippen LogP contribution < -0.4 is 5.32 Å². The van der Waals surface area contributed by atoms with Gasteiger partial charge in [-0.15, -0.1) is 11.3 Å². The summed E-state index contributed by atoms with van der Waals surface area (Å²) < 4.78 is 0. The lowest BCUT2D eigenvalue weighted by Gasteiger charge is -2.39. The summed E-state index contributed by atoms with van der Waals surface area (Å²) in [6, 6.07) is 5.28. The number of hydrogen-bond acceptors (Lipinski definition) is 2. The van der Waals surface area contributed by atoms with E-state index in [0.29, 0.717) is 11.5 Å². The highest BCUT2D eigenvalue weighted by Gasteiger charge is 2.31. The molecule has 1 fully saturated rings. The van der Waals surface area contributed by atoms with Gasteiger partial charge in [-0.1, -0.05) is 47.5 Å². The minimum absolute atomic E-state index is 0.285. The van der Waals surface area contributed by atoms with Crippen LogP contribution in [0, 0.1) is 5.41 Å². The van der Waals surface area contributed by atoms with E-state index in [4.69, 9.17) is 0 Å². The Morgan fingerprint density at radius 3 is 2.58 bits per heavy atom. The third-order valence-electron chi connectivity index (χ3n) is 4.43. The van der Waals surface area contributed by atoms with Crippen molar-refractivity contribution in [1.82, 2.24) is 5.32 Å². The molecule has 0 radical (unpaired) electrons. The zero-order valence-corrected chi connectivity index (χ0v) is 14.0. The monoisotopic (exact) mass is 279 g/mol. The molecule has 1 atom stereocenters. The Morgan fingerprint density at radius 2 is 2.00 bits per heavy atom. The zero-order valence-electron chi connectivity index (χ0n) is 13.2. The van der Waals surface area contributed by atoms with Crippen molar-refractivity contribution in [2.45, 2.75) is 78.3 Å². The average molecular weight is 279 g/mol. The molecule has 0 aromatic carbocycles. The van der Waals surface area contributed by atoms with Gasteiger partial charge in [0.05, 0.1) is 0 Å². The molecule has 1 aliphatic rings. The van der Waals surface area contributed by atoms with Crippen molar-refractivity contribution in [3.8, 4) is 0 Å². The average Bonchev–Trinajstić information content (AvgIpc) is 2.75. The van der Waals surface area contributed by atoms with Gasteiger partial charge in [-0.3, -0.25) is 0 Å². The van der Waals surface area contributed by atoms with Gasteiger partial charge in [-0.2, -0.15) is 0 Å². The molecule has 1 nitrogen and oxygen atoms in total. The normalized spacial score (nSPS) is 23.5. The molecule has 2 rings (SSSR count). The van der Waals surface area contributed by atoms with Gasteiger partial charge in [0.15, 0.2) is 0 Å². The fourth-order valence-electron chi connectivity index (χ4n) is 2.97. The Balaban J connectivity index is 1.93. The highest BCUT2D eigenvalue weighted by atomic mass is 32.1. The minimum Gasteiger partial charge on any atom is -0.309 e. The number of nitrogens with one attached hydrogen (secondary N) is 1.